The molecule has 144 valence electrons. The summed E-state index contributed by atoms with van der Waals surface area (Å²) in [6.07, 6.45) is 8.63. The van der Waals surface area contributed by atoms with Crippen LogP contribution >= 0.6 is 23.6 Å². The van der Waals surface area contributed by atoms with Crippen LogP contribution in [0.3, 0.4) is 0 Å². The Morgan fingerprint density at radius 2 is 1.93 bits per heavy atom. The van der Waals surface area contributed by atoms with E-state index in [2.05, 4.69) is 76.9 Å². The molecule has 0 spiro atoms. The largest absolute Gasteiger partial charge is 0.143 e. The van der Waals surface area contributed by atoms with E-state index in [0.29, 0.717) is 5.92 Å². The minimum atomic E-state index is 0.363. The Hall–Kier alpha value is -1.51. The summed E-state index contributed by atoms with van der Waals surface area (Å²) < 4.78 is 1.37. The highest BCUT2D eigenvalue weighted by molar-refractivity contribution is 7.80. The van der Waals surface area contributed by atoms with Gasteiger partial charge in [-0.25, -0.2) is 0 Å². The third kappa shape index (κ3) is 5.99. The predicted octanol–water partition coefficient (Wildman–Crippen LogP) is 8.58. The highest BCUT2D eigenvalue weighted by Crippen LogP contribution is 2.34. The molecule has 0 nitrogen and oxygen atoms in total. The fourth-order valence-corrected chi connectivity index (χ4v) is 4.65. The van der Waals surface area contributed by atoms with Gasteiger partial charge < -0.3 is 0 Å². The van der Waals surface area contributed by atoms with Gasteiger partial charge >= 0.3 is 0 Å². The van der Waals surface area contributed by atoms with Gasteiger partial charge in [-0.2, -0.15) is 0 Å². The van der Waals surface area contributed by atoms with E-state index >= 15 is 0 Å². The first-order valence-electron chi connectivity index (χ1n) is 9.86. The summed E-state index contributed by atoms with van der Waals surface area (Å²) in [4.78, 5) is 1.18. The van der Waals surface area contributed by atoms with Crippen molar-refractivity contribution in [2.75, 3.05) is 0 Å². The van der Waals surface area contributed by atoms with Gasteiger partial charge in [-0.05, 0) is 73.6 Å². The molecular formula is C25H32S2. The maximum atomic E-state index is 5.64. The fraction of sp³-hybridized carbons (Fsp3) is 0.400. The highest BCUT2D eigenvalue weighted by Gasteiger charge is 2.15. The highest BCUT2D eigenvalue weighted by atomic mass is 32.1. The lowest BCUT2D eigenvalue weighted by Crippen LogP contribution is -2.05. The topological polar surface area (TPSA) is 0 Å². The number of thiophene rings is 1. The zero-order valence-electron chi connectivity index (χ0n) is 17.4. The van der Waals surface area contributed by atoms with Gasteiger partial charge in [-0.3, -0.25) is 0 Å². The van der Waals surface area contributed by atoms with E-state index < -0.39 is 0 Å². The second-order valence-electron chi connectivity index (χ2n) is 7.68. The first kappa shape index (κ1) is 21.8. The molecule has 0 aliphatic carbocycles. The van der Waals surface area contributed by atoms with Gasteiger partial charge in [0.2, 0.25) is 0 Å². The van der Waals surface area contributed by atoms with E-state index in [1.165, 1.54) is 37.2 Å². The van der Waals surface area contributed by atoms with Gasteiger partial charge in [0.25, 0.3) is 0 Å². The Bertz CT molecular complexity index is 873. The lowest BCUT2D eigenvalue weighted by Gasteiger charge is -2.12. The molecule has 0 bridgehead atoms. The molecule has 0 N–H and O–H groups in total. The fourth-order valence-electron chi connectivity index (χ4n) is 3.21. The summed E-state index contributed by atoms with van der Waals surface area (Å²) in [7, 11) is 0. The lowest BCUT2D eigenvalue weighted by atomic mass is 9.94. The summed E-state index contributed by atoms with van der Waals surface area (Å²) in [6, 6.07) is 6.93. The molecule has 0 radical (unpaired) electrons. The number of benzene rings is 1. The van der Waals surface area contributed by atoms with E-state index in [4.69, 9.17) is 12.2 Å². The molecular weight excluding hydrogens is 364 g/mol. The van der Waals surface area contributed by atoms with Crippen LogP contribution in [0.25, 0.3) is 10.1 Å². The van der Waals surface area contributed by atoms with Gasteiger partial charge in [-0.1, -0.05) is 74.5 Å². The molecule has 1 heterocycles. The van der Waals surface area contributed by atoms with Crippen LogP contribution in [0.2, 0.25) is 0 Å². The zero-order chi connectivity index (χ0) is 20.0. The second kappa shape index (κ2) is 10.1. The van der Waals surface area contributed by atoms with Gasteiger partial charge in [0, 0.05) is 15.5 Å². The number of rotatable bonds is 9. The molecule has 1 unspecified atom stereocenters. The standard InChI is InChI=1S/C25H32S2/c1-7-8-24(26)19(6)23-16-27-25-15-20(11-14-22(23)25)10-13-21(18(4)5)12-9-17(2)3/h9,11-12,14-16,19H,4,7-8,10,13H2,1-3,5-6H3/b21-12-. The average Bonchev–Trinajstić information content (AvgIpc) is 3.03. The molecule has 0 aliphatic rings. The normalized spacial score (nSPS) is 12.9. The summed E-state index contributed by atoms with van der Waals surface area (Å²) in [5.74, 6) is 0.363. The number of hydrogen-bond acceptors (Lipinski definition) is 2. The van der Waals surface area contributed by atoms with Crippen molar-refractivity contribution in [2.24, 2.45) is 0 Å². The van der Waals surface area contributed by atoms with Gasteiger partial charge in [0.1, 0.15) is 0 Å². The van der Waals surface area contributed by atoms with Gasteiger partial charge in [-0.15, -0.1) is 11.3 Å². The van der Waals surface area contributed by atoms with Crippen LogP contribution in [-0.4, -0.2) is 4.86 Å². The molecule has 1 aromatic heterocycles. The molecule has 27 heavy (non-hydrogen) atoms. The molecule has 1 atom stereocenters. The maximum Gasteiger partial charge on any atom is 0.0348 e. The van der Waals surface area contributed by atoms with Crippen molar-refractivity contribution in [2.45, 2.75) is 66.2 Å². The van der Waals surface area contributed by atoms with Crippen LogP contribution in [0.15, 0.2) is 59.0 Å². The molecule has 0 saturated heterocycles. The van der Waals surface area contributed by atoms with E-state index in [1.807, 2.05) is 11.3 Å². The minimum Gasteiger partial charge on any atom is -0.143 e. The van der Waals surface area contributed by atoms with Crippen molar-refractivity contribution in [1.29, 1.82) is 0 Å². The first-order valence-corrected chi connectivity index (χ1v) is 11.1. The molecule has 0 aliphatic heterocycles. The van der Waals surface area contributed by atoms with Crippen LogP contribution in [0.4, 0.5) is 0 Å². The quantitative estimate of drug-likeness (QED) is 0.302. The molecule has 2 heteroatoms. The van der Waals surface area contributed by atoms with Crippen LogP contribution in [-0.2, 0) is 6.42 Å². The summed E-state index contributed by atoms with van der Waals surface area (Å²) in [5, 5.41) is 3.67. The van der Waals surface area contributed by atoms with Crippen molar-refractivity contribution in [3.63, 3.8) is 0 Å². The van der Waals surface area contributed by atoms with E-state index in [1.54, 1.807) is 0 Å². The number of allylic oxidation sites excluding steroid dienone is 5. The van der Waals surface area contributed by atoms with Gasteiger partial charge in [0.15, 0.2) is 0 Å². The maximum absolute atomic E-state index is 5.64. The van der Waals surface area contributed by atoms with Crippen LogP contribution in [0.1, 0.15) is 70.9 Å². The van der Waals surface area contributed by atoms with Crippen LogP contribution in [0.5, 0.6) is 0 Å². The summed E-state index contributed by atoms with van der Waals surface area (Å²) in [6.45, 7) is 14.9. The van der Waals surface area contributed by atoms with Crippen LogP contribution in [0, 0.1) is 0 Å². The Balaban J connectivity index is 2.18. The predicted molar refractivity (Wildman–Crippen MR) is 128 cm³/mol. The average molecular weight is 397 g/mol. The number of fused-ring (bicyclic) bond motifs is 1. The lowest BCUT2D eigenvalue weighted by molar-refractivity contribution is 0.938. The van der Waals surface area contributed by atoms with Crippen molar-refractivity contribution in [1.82, 2.24) is 0 Å². The third-order valence-corrected chi connectivity index (χ3v) is 6.49. The Morgan fingerprint density at radius 1 is 1.19 bits per heavy atom. The Kier molecular flexibility index (Phi) is 8.19. The van der Waals surface area contributed by atoms with Crippen LogP contribution < -0.4 is 0 Å². The zero-order valence-corrected chi connectivity index (χ0v) is 19.0. The van der Waals surface area contributed by atoms with Gasteiger partial charge in [0.05, 0.1) is 0 Å². The third-order valence-electron chi connectivity index (χ3n) is 4.96. The number of thiocarbonyl (C=S) groups is 1. The second-order valence-corrected chi connectivity index (χ2v) is 9.11. The smallest absolute Gasteiger partial charge is 0.0348 e. The molecule has 1 aromatic carbocycles. The molecule has 0 saturated carbocycles. The molecule has 2 aromatic rings. The van der Waals surface area contributed by atoms with Crippen molar-refractivity contribution in [3.05, 3.63) is 70.2 Å². The number of hydrogen-bond donors (Lipinski definition) is 0. The summed E-state index contributed by atoms with van der Waals surface area (Å²) >= 11 is 7.48. The Labute approximate surface area is 174 Å². The minimum absolute atomic E-state index is 0.363. The van der Waals surface area contributed by atoms with E-state index in [9.17, 15) is 0 Å². The first-order chi connectivity index (χ1) is 12.8. The van der Waals surface area contributed by atoms with Crippen molar-refractivity contribution >= 4 is 38.5 Å². The number of aryl methyl sites for hydroxylation is 1. The SMILES string of the molecule is C=C(C)/C(=C\C=C(C)C)CCc1ccc2c(C(C)C(=S)CCC)csc2c1. The molecule has 0 amide bonds. The Morgan fingerprint density at radius 3 is 2.56 bits per heavy atom. The molecule has 2 rings (SSSR count). The van der Waals surface area contributed by atoms with Crippen molar-refractivity contribution in [3.8, 4) is 0 Å². The van der Waals surface area contributed by atoms with E-state index in [-0.39, 0.29) is 0 Å². The summed E-state index contributed by atoms with van der Waals surface area (Å²) in [5.41, 5.74) is 6.60. The van der Waals surface area contributed by atoms with E-state index in [0.717, 1.165) is 31.3 Å². The molecule has 0 fully saturated rings. The monoisotopic (exact) mass is 396 g/mol. The van der Waals surface area contributed by atoms with Crippen molar-refractivity contribution < 1.29 is 0 Å².